The molecular formula is C16H17NO3. The number of ether oxygens (including phenoxy) is 2. The molecule has 2 aromatic rings. The molecule has 1 aliphatic heterocycles. The summed E-state index contributed by atoms with van der Waals surface area (Å²) in [5.41, 5.74) is 2.21. The monoisotopic (exact) mass is 271 g/mol. The number of fused-ring (bicyclic) bond motifs is 1. The van der Waals surface area contributed by atoms with Gasteiger partial charge in [0.2, 0.25) is 0 Å². The summed E-state index contributed by atoms with van der Waals surface area (Å²) in [7, 11) is 0. The van der Waals surface area contributed by atoms with Gasteiger partial charge >= 0.3 is 0 Å². The molecule has 104 valence electrons. The summed E-state index contributed by atoms with van der Waals surface area (Å²) in [6.07, 6.45) is 0. The molecule has 1 heterocycles. The summed E-state index contributed by atoms with van der Waals surface area (Å²) in [4.78, 5) is 0. The Morgan fingerprint density at radius 2 is 1.65 bits per heavy atom. The van der Waals surface area contributed by atoms with Crippen LogP contribution in [0.3, 0.4) is 0 Å². The molecule has 4 nitrogen and oxygen atoms in total. The average Bonchev–Trinajstić information content (AvgIpc) is 2.47. The highest BCUT2D eigenvalue weighted by Gasteiger charge is 2.11. The molecule has 2 N–H and O–H groups in total. The Morgan fingerprint density at radius 1 is 0.900 bits per heavy atom. The van der Waals surface area contributed by atoms with E-state index in [0.29, 0.717) is 25.5 Å². The van der Waals surface area contributed by atoms with Crippen LogP contribution < -0.4 is 14.8 Å². The maximum atomic E-state index is 9.40. The lowest BCUT2D eigenvalue weighted by Gasteiger charge is -2.19. The van der Waals surface area contributed by atoms with Gasteiger partial charge in [-0.3, -0.25) is 0 Å². The SMILES string of the molecule is Oc1cccc(CNCc2ccc3c(c2)OCCO3)c1. The van der Waals surface area contributed by atoms with E-state index in [-0.39, 0.29) is 0 Å². The van der Waals surface area contributed by atoms with Crippen LogP contribution in [0.2, 0.25) is 0 Å². The third-order valence-corrected chi connectivity index (χ3v) is 3.18. The van der Waals surface area contributed by atoms with Gasteiger partial charge in [-0.25, -0.2) is 0 Å². The van der Waals surface area contributed by atoms with E-state index >= 15 is 0 Å². The van der Waals surface area contributed by atoms with Crippen LogP contribution in [-0.4, -0.2) is 18.3 Å². The van der Waals surface area contributed by atoms with Crippen molar-refractivity contribution >= 4 is 0 Å². The average molecular weight is 271 g/mol. The molecule has 0 fully saturated rings. The molecule has 0 atom stereocenters. The Kier molecular flexibility index (Phi) is 3.74. The van der Waals surface area contributed by atoms with Crippen molar-refractivity contribution < 1.29 is 14.6 Å². The van der Waals surface area contributed by atoms with Crippen LogP contribution in [0.5, 0.6) is 17.2 Å². The van der Waals surface area contributed by atoms with Gasteiger partial charge in [0.05, 0.1) is 0 Å². The standard InChI is InChI=1S/C16H17NO3/c18-14-3-1-2-12(8-14)10-17-11-13-4-5-15-16(9-13)20-7-6-19-15/h1-5,8-9,17-18H,6-7,10-11H2. The summed E-state index contributed by atoms with van der Waals surface area (Å²) in [6.45, 7) is 2.67. The summed E-state index contributed by atoms with van der Waals surface area (Å²) >= 11 is 0. The Morgan fingerprint density at radius 3 is 2.45 bits per heavy atom. The van der Waals surface area contributed by atoms with E-state index in [0.717, 1.165) is 29.2 Å². The second kappa shape index (κ2) is 5.84. The normalized spacial score (nSPS) is 13.2. The molecule has 0 saturated heterocycles. The second-order valence-electron chi connectivity index (χ2n) is 4.75. The lowest BCUT2D eigenvalue weighted by molar-refractivity contribution is 0.171. The van der Waals surface area contributed by atoms with Crippen molar-refractivity contribution in [1.82, 2.24) is 5.32 Å². The number of phenolic OH excluding ortho intramolecular Hbond substituents is 1. The molecular weight excluding hydrogens is 254 g/mol. The van der Waals surface area contributed by atoms with E-state index in [2.05, 4.69) is 5.32 Å². The van der Waals surface area contributed by atoms with Crippen molar-refractivity contribution in [2.45, 2.75) is 13.1 Å². The summed E-state index contributed by atoms with van der Waals surface area (Å²) in [6, 6.07) is 13.2. The van der Waals surface area contributed by atoms with Crippen LogP contribution in [-0.2, 0) is 13.1 Å². The van der Waals surface area contributed by atoms with Gasteiger partial charge < -0.3 is 19.9 Å². The fourth-order valence-electron chi connectivity index (χ4n) is 2.22. The van der Waals surface area contributed by atoms with Crippen LogP contribution in [0, 0.1) is 0 Å². The van der Waals surface area contributed by atoms with Gasteiger partial charge in [-0.1, -0.05) is 18.2 Å². The molecule has 0 aliphatic carbocycles. The van der Waals surface area contributed by atoms with Gasteiger partial charge in [0, 0.05) is 13.1 Å². The highest BCUT2D eigenvalue weighted by molar-refractivity contribution is 5.43. The minimum absolute atomic E-state index is 0.295. The summed E-state index contributed by atoms with van der Waals surface area (Å²) in [5, 5.41) is 12.7. The van der Waals surface area contributed by atoms with E-state index in [1.807, 2.05) is 30.3 Å². The van der Waals surface area contributed by atoms with Crippen molar-refractivity contribution in [2.24, 2.45) is 0 Å². The Labute approximate surface area is 118 Å². The molecule has 1 aliphatic rings. The minimum Gasteiger partial charge on any atom is -0.508 e. The zero-order valence-electron chi connectivity index (χ0n) is 11.1. The maximum Gasteiger partial charge on any atom is 0.161 e. The molecule has 2 aromatic carbocycles. The number of aromatic hydroxyl groups is 1. The zero-order valence-corrected chi connectivity index (χ0v) is 11.1. The largest absolute Gasteiger partial charge is 0.508 e. The van der Waals surface area contributed by atoms with Gasteiger partial charge in [0.15, 0.2) is 11.5 Å². The minimum atomic E-state index is 0.295. The van der Waals surface area contributed by atoms with Crippen LogP contribution in [0.4, 0.5) is 0 Å². The van der Waals surface area contributed by atoms with Crippen LogP contribution >= 0.6 is 0 Å². The van der Waals surface area contributed by atoms with E-state index in [4.69, 9.17) is 9.47 Å². The van der Waals surface area contributed by atoms with Gasteiger partial charge in [-0.05, 0) is 35.4 Å². The predicted octanol–water partition coefficient (Wildman–Crippen LogP) is 2.45. The molecule has 4 heteroatoms. The maximum absolute atomic E-state index is 9.40. The second-order valence-corrected chi connectivity index (χ2v) is 4.75. The molecule has 0 unspecified atom stereocenters. The highest BCUT2D eigenvalue weighted by Crippen LogP contribution is 2.30. The predicted molar refractivity (Wildman–Crippen MR) is 76.1 cm³/mol. The van der Waals surface area contributed by atoms with Crippen LogP contribution in [0.25, 0.3) is 0 Å². The number of rotatable bonds is 4. The van der Waals surface area contributed by atoms with Crippen LogP contribution in [0.1, 0.15) is 11.1 Å². The molecule has 0 radical (unpaired) electrons. The summed E-state index contributed by atoms with van der Waals surface area (Å²) < 4.78 is 11.1. The molecule has 0 saturated carbocycles. The first kappa shape index (κ1) is 12.8. The third kappa shape index (κ3) is 3.03. The quantitative estimate of drug-likeness (QED) is 0.897. The third-order valence-electron chi connectivity index (χ3n) is 3.18. The van der Waals surface area contributed by atoms with Crippen molar-refractivity contribution in [2.75, 3.05) is 13.2 Å². The zero-order chi connectivity index (χ0) is 13.8. The summed E-state index contributed by atoms with van der Waals surface area (Å²) in [5.74, 6) is 1.92. The van der Waals surface area contributed by atoms with Gasteiger partial charge in [0.1, 0.15) is 19.0 Å². The number of hydrogen-bond acceptors (Lipinski definition) is 4. The van der Waals surface area contributed by atoms with Crippen molar-refractivity contribution in [3.8, 4) is 17.2 Å². The van der Waals surface area contributed by atoms with E-state index in [1.165, 1.54) is 0 Å². The molecule has 0 amide bonds. The van der Waals surface area contributed by atoms with Gasteiger partial charge in [-0.2, -0.15) is 0 Å². The lowest BCUT2D eigenvalue weighted by Crippen LogP contribution is -2.16. The Bertz CT molecular complexity index is 598. The number of hydrogen-bond donors (Lipinski definition) is 2. The molecule has 0 bridgehead atoms. The number of benzene rings is 2. The number of nitrogens with one attached hydrogen (secondary N) is 1. The van der Waals surface area contributed by atoms with Crippen LogP contribution in [0.15, 0.2) is 42.5 Å². The van der Waals surface area contributed by atoms with Crippen molar-refractivity contribution in [3.05, 3.63) is 53.6 Å². The Balaban J connectivity index is 1.58. The molecule has 0 aromatic heterocycles. The van der Waals surface area contributed by atoms with Crippen molar-refractivity contribution in [1.29, 1.82) is 0 Å². The van der Waals surface area contributed by atoms with Gasteiger partial charge in [-0.15, -0.1) is 0 Å². The number of phenols is 1. The smallest absolute Gasteiger partial charge is 0.161 e. The first-order valence-electron chi connectivity index (χ1n) is 6.68. The fraction of sp³-hybridized carbons (Fsp3) is 0.250. The first-order valence-corrected chi connectivity index (χ1v) is 6.68. The lowest BCUT2D eigenvalue weighted by atomic mass is 10.1. The van der Waals surface area contributed by atoms with Crippen molar-refractivity contribution in [3.63, 3.8) is 0 Å². The van der Waals surface area contributed by atoms with E-state index in [1.54, 1.807) is 12.1 Å². The molecule has 3 rings (SSSR count). The van der Waals surface area contributed by atoms with E-state index < -0.39 is 0 Å². The molecule has 0 spiro atoms. The fourth-order valence-corrected chi connectivity index (χ4v) is 2.22. The Hall–Kier alpha value is -2.20. The van der Waals surface area contributed by atoms with Gasteiger partial charge in [0.25, 0.3) is 0 Å². The van der Waals surface area contributed by atoms with E-state index in [9.17, 15) is 5.11 Å². The highest BCUT2D eigenvalue weighted by atomic mass is 16.6. The molecule has 20 heavy (non-hydrogen) atoms. The topological polar surface area (TPSA) is 50.7 Å². The first-order chi connectivity index (χ1) is 9.81.